The van der Waals surface area contributed by atoms with Crippen molar-refractivity contribution >= 4 is 28.6 Å². The third-order valence-corrected chi connectivity index (χ3v) is 5.19. The van der Waals surface area contributed by atoms with Crippen LogP contribution in [0.25, 0.3) is 0 Å². The minimum atomic E-state index is 0.0125. The van der Waals surface area contributed by atoms with Gasteiger partial charge in [-0.2, -0.15) is 11.3 Å². The van der Waals surface area contributed by atoms with Gasteiger partial charge in [-0.15, -0.1) is 11.3 Å². The Morgan fingerprint density at radius 1 is 1.33 bits per heavy atom. The maximum Gasteiger partial charge on any atom is 0.261 e. The first-order valence-corrected chi connectivity index (χ1v) is 8.82. The van der Waals surface area contributed by atoms with Gasteiger partial charge in [0, 0.05) is 19.6 Å². The first kappa shape index (κ1) is 14.7. The van der Waals surface area contributed by atoms with Gasteiger partial charge in [0.25, 0.3) is 5.91 Å². The van der Waals surface area contributed by atoms with Crippen molar-refractivity contribution in [1.29, 1.82) is 0 Å². The van der Waals surface area contributed by atoms with E-state index in [4.69, 9.17) is 4.74 Å². The Kier molecular flexibility index (Phi) is 5.03. The van der Waals surface area contributed by atoms with Gasteiger partial charge in [-0.25, -0.2) is 0 Å². The molecular formula is C15H18N2O2S2. The van der Waals surface area contributed by atoms with E-state index in [1.807, 2.05) is 17.5 Å². The number of rotatable bonds is 5. The summed E-state index contributed by atoms with van der Waals surface area (Å²) < 4.78 is 5.43. The zero-order valence-corrected chi connectivity index (χ0v) is 13.3. The summed E-state index contributed by atoms with van der Waals surface area (Å²) in [6.45, 7) is 3.98. The van der Waals surface area contributed by atoms with Crippen LogP contribution in [0.15, 0.2) is 34.3 Å². The lowest BCUT2D eigenvalue weighted by molar-refractivity contribution is 0.0163. The van der Waals surface area contributed by atoms with Crippen molar-refractivity contribution in [2.75, 3.05) is 32.8 Å². The monoisotopic (exact) mass is 322 g/mol. The lowest BCUT2D eigenvalue weighted by Gasteiger charge is -2.34. The molecule has 1 atom stereocenters. The quantitative estimate of drug-likeness (QED) is 0.920. The van der Waals surface area contributed by atoms with Gasteiger partial charge in [-0.1, -0.05) is 6.07 Å². The number of hydrogen-bond donors (Lipinski definition) is 1. The van der Waals surface area contributed by atoms with Crippen LogP contribution in [-0.4, -0.2) is 43.7 Å². The lowest BCUT2D eigenvalue weighted by atomic mass is 10.1. The van der Waals surface area contributed by atoms with Gasteiger partial charge in [0.1, 0.15) is 0 Å². The van der Waals surface area contributed by atoms with Crippen molar-refractivity contribution in [2.24, 2.45) is 0 Å². The number of hydrogen-bond acceptors (Lipinski definition) is 5. The van der Waals surface area contributed by atoms with Crippen LogP contribution in [0.1, 0.15) is 21.3 Å². The normalized spacial score (nSPS) is 17.5. The van der Waals surface area contributed by atoms with Crippen LogP contribution >= 0.6 is 22.7 Å². The van der Waals surface area contributed by atoms with Gasteiger partial charge < -0.3 is 10.1 Å². The molecule has 0 aromatic carbocycles. The Balaban J connectivity index is 1.66. The molecule has 2 aromatic rings. The highest BCUT2D eigenvalue weighted by Gasteiger charge is 2.23. The molecule has 1 aliphatic heterocycles. The largest absolute Gasteiger partial charge is 0.379 e. The number of nitrogens with one attached hydrogen (secondary N) is 1. The molecule has 1 N–H and O–H groups in total. The third-order valence-electron chi connectivity index (χ3n) is 3.62. The van der Waals surface area contributed by atoms with E-state index in [-0.39, 0.29) is 11.9 Å². The van der Waals surface area contributed by atoms with E-state index in [2.05, 4.69) is 27.0 Å². The summed E-state index contributed by atoms with van der Waals surface area (Å²) in [5, 5.41) is 9.24. The molecule has 3 rings (SSSR count). The van der Waals surface area contributed by atoms with E-state index in [0.29, 0.717) is 6.54 Å². The van der Waals surface area contributed by atoms with Crippen LogP contribution in [0.2, 0.25) is 0 Å². The summed E-state index contributed by atoms with van der Waals surface area (Å²) in [6, 6.07) is 6.12. The fraction of sp³-hybridized carbons (Fsp3) is 0.400. The molecule has 1 aliphatic rings. The zero-order valence-electron chi connectivity index (χ0n) is 11.7. The van der Waals surface area contributed by atoms with Crippen LogP contribution in [0, 0.1) is 0 Å². The highest BCUT2D eigenvalue weighted by atomic mass is 32.1. The first-order valence-electron chi connectivity index (χ1n) is 7.00. The number of carbonyl (C=O) groups excluding carboxylic acids is 1. The van der Waals surface area contributed by atoms with Crippen LogP contribution < -0.4 is 5.32 Å². The summed E-state index contributed by atoms with van der Waals surface area (Å²) in [4.78, 5) is 15.3. The van der Waals surface area contributed by atoms with Crippen molar-refractivity contribution in [3.8, 4) is 0 Å². The summed E-state index contributed by atoms with van der Waals surface area (Å²) >= 11 is 3.17. The molecule has 2 aromatic heterocycles. The van der Waals surface area contributed by atoms with Crippen molar-refractivity contribution in [1.82, 2.24) is 10.2 Å². The molecule has 0 radical (unpaired) electrons. The fourth-order valence-corrected chi connectivity index (χ4v) is 3.84. The predicted molar refractivity (Wildman–Crippen MR) is 86.1 cm³/mol. The van der Waals surface area contributed by atoms with Crippen molar-refractivity contribution < 1.29 is 9.53 Å². The van der Waals surface area contributed by atoms with Crippen LogP contribution in [0.3, 0.4) is 0 Å². The van der Waals surface area contributed by atoms with Crippen molar-refractivity contribution in [2.45, 2.75) is 6.04 Å². The zero-order chi connectivity index (χ0) is 14.5. The molecule has 1 amide bonds. The highest BCUT2D eigenvalue weighted by Crippen LogP contribution is 2.23. The molecule has 112 valence electrons. The second-order valence-corrected chi connectivity index (χ2v) is 6.64. The molecule has 3 heterocycles. The van der Waals surface area contributed by atoms with Crippen molar-refractivity contribution in [3.63, 3.8) is 0 Å². The average Bonchev–Trinajstić information content (AvgIpc) is 3.22. The predicted octanol–water partition coefficient (Wildman–Crippen LogP) is 2.61. The lowest BCUT2D eigenvalue weighted by Crippen LogP contribution is -2.43. The molecule has 1 fully saturated rings. The number of amides is 1. The minimum absolute atomic E-state index is 0.0125. The Bertz CT molecular complexity index is 548. The van der Waals surface area contributed by atoms with E-state index in [9.17, 15) is 4.79 Å². The van der Waals surface area contributed by atoms with Gasteiger partial charge in [0.15, 0.2) is 0 Å². The highest BCUT2D eigenvalue weighted by molar-refractivity contribution is 7.12. The first-order chi connectivity index (χ1) is 10.3. The number of thiophene rings is 2. The molecule has 0 saturated carbocycles. The summed E-state index contributed by atoms with van der Waals surface area (Å²) in [7, 11) is 0. The topological polar surface area (TPSA) is 41.6 Å². The summed E-state index contributed by atoms with van der Waals surface area (Å²) in [6.07, 6.45) is 0. The molecule has 0 bridgehead atoms. The van der Waals surface area contributed by atoms with Crippen LogP contribution in [0.5, 0.6) is 0 Å². The summed E-state index contributed by atoms with van der Waals surface area (Å²) in [5.41, 5.74) is 1.27. The maximum absolute atomic E-state index is 12.1. The molecule has 0 aliphatic carbocycles. The van der Waals surface area contributed by atoms with Gasteiger partial charge >= 0.3 is 0 Å². The van der Waals surface area contributed by atoms with Crippen molar-refractivity contribution in [3.05, 3.63) is 44.8 Å². The van der Waals surface area contributed by atoms with Crippen LogP contribution in [0.4, 0.5) is 0 Å². The van der Waals surface area contributed by atoms with Gasteiger partial charge in [0.05, 0.1) is 24.1 Å². The number of ether oxygens (including phenoxy) is 1. The molecule has 6 heteroatoms. The second-order valence-electron chi connectivity index (χ2n) is 4.91. The summed E-state index contributed by atoms with van der Waals surface area (Å²) in [5.74, 6) is 0.0125. The fourth-order valence-electron chi connectivity index (χ4n) is 2.50. The Morgan fingerprint density at radius 3 is 2.86 bits per heavy atom. The molecule has 1 unspecified atom stereocenters. The third kappa shape index (κ3) is 3.71. The molecule has 1 saturated heterocycles. The Hall–Kier alpha value is -1.21. The second kappa shape index (κ2) is 7.17. The molecule has 21 heavy (non-hydrogen) atoms. The molecule has 0 spiro atoms. The number of carbonyl (C=O) groups is 1. The smallest absolute Gasteiger partial charge is 0.261 e. The standard InChI is InChI=1S/C15H18N2O2S2/c18-15(14-2-1-8-21-14)16-10-13(12-3-9-20-11-12)17-4-6-19-7-5-17/h1-3,8-9,11,13H,4-7,10H2,(H,16,18). The SMILES string of the molecule is O=C(NCC(c1ccsc1)N1CCOCC1)c1cccs1. The number of morpholine rings is 1. The van der Waals surface area contributed by atoms with Gasteiger partial charge in [-0.05, 0) is 33.8 Å². The van der Waals surface area contributed by atoms with E-state index in [1.54, 1.807) is 11.3 Å². The maximum atomic E-state index is 12.1. The minimum Gasteiger partial charge on any atom is -0.379 e. The Morgan fingerprint density at radius 2 is 2.19 bits per heavy atom. The van der Waals surface area contributed by atoms with Gasteiger partial charge in [0.2, 0.25) is 0 Å². The van der Waals surface area contributed by atoms with E-state index >= 15 is 0 Å². The van der Waals surface area contributed by atoms with E-state index in [0.717, 1.165) is 31.2 Å². The van der Waals surface area contributed by atoms with E-state index < -0.39 is 0 Å². The molecule has 4 nitrogen and oxygen atoms in total. The van der Waals surface area contributed by atoms with E-state index in [1.165, 1.54) is 16.9 Å². The average molecular weight is 322 g/mol. The van der Waals surface area contributed by atoms with Crippen LogP contribution in [-0.2, 0) is 4.74 Å². The molecular weight excluding hydrogens is 304 g/mol. The van der Waals surface area contributed by atoms with Gasteiger partial charge in [-0.3, -0.25) is 9.69 Å². The Labute approximate surface area is 132 Å². The number of nitrogens with zero attached hydrogens (tertiary/aromatic N) is 1.